The fraction of sp³-hybridized carbons (Fsp3) is 0.385. The maximum absolute atomic E-state index is 5.83. The predicted octanol–water partition coefficient (Wildman–Crippen LogP) is 2.60. The highest BCUT2D eigenvalue weighted by Crippen LogP contribution is 2.22. The molecule has 0 N–H and O–H groups in total. The number of alkyl halides is 1. The second kappa shape index (κ2) is 5.75. The van der Waals surface area contributed by atoms with Gasteiger partial charge in [0.15, 0.2) is 5.13 Å². The van der Waals surface area contributed by atoms with Crippen molar-refractivity contribution in [3.8, 4) is 0 Å². The minimum atomic E-state index is 0.465. The third-order valence-electron chi connectivity index (χ3n) is 3.27. The molecule has 2 aromatic rings. The highest BCUT2D eigenvalue weighted by molar-refractivity contribution is 7.13. The minimum Gasteiger partial charge on any atom is -0.368 e. The van der Waals surface area contributed by atoms with Crippen molar-refractivity contribution < 1.29 is 0 Å². The van der Waals surface area contributed by atoms with Gasteiger partial charge in [0.25, 0.3) is 0 Å². The number of nitrogens with zero attached hydrogens (tertiary/aromatic N) is 4. The Morgan fingerprint density at radius 3 is 2.58 bits per heavy atom. The average Bonchev–Trinajstić information content (AvgIpc) is 3.02. The van der Waals surface area contributed by atoms with Crippen LogP contribution in [0.5, 0.6) is 0 Å². The van der Waals surface area contributed by atoms with Crippen molar-refractivity contribution in [2.75, 3.05) is 36.0 Å². The van der Waals surface area contributed by atoms with E-state index in [1.54, 1.807) is 11.3 Å². The standard InChI is InChI=1S/C13H15ClN4S/c14-10-11-9-12(1-2-15-11)17-4-6-18(7-5-17)13-16-3-8-19-13/h1-3,8-9H,4-7,10H2. The van der Waals surface area contributed by atoms with Crippen molar-refractivity contribution in [2.24, 2.45) is 0 Å². The SMILES string of the molecule is ClCc1cc(N2CCN(c3nccs3)CC2)ccn1. The first kappa shape index (κ1) is 12.7. The summed E-state index contributed by atoms with van der Waals surface area (Å²) in [6.45, 7) is 4.02. The van der Waals surface area contributed by atoms with Gasteiger partial charge in [-0.25, -0.2) is 4.98 Å². The molecule has 0 aliphatic carbocycles. The lowest BCUT2D eigenvalue weighted by Crippen LogP contribution is -2.46. The summed E-state index contributed by atoms with van der Waals surface area (Å²) in [5.74, 6) is 0.465. The van der Waals surface area contributed by atoms with E-state index in [4.69, 9.17) is 11.6 Å². The molecular formula is C13H15ClN4S. The largest absolute Gasteiger partial charge is 0.368 e. The third kappa shape index (κ3) is 2.82. The molecule has 2 aromatic heterocycles. The van der Waals surface area contributed by atoms with Crippen molar-refractivity contribution >= 4 is 33.8 Å². The van der Waals surface area contributed by atoms with E-state index in [1.807, 2.05) is 17.8 Å². The lowest BCUT2D eigenvalue weighted by Gasteiger charge is -2.36. The molecule has 1 aliphatic rings. The molecule has 0 bridgehead atoms. The summed E-state index contributed by atoms with van der Waals surface area (Å²) in [4.78, 5) is 13.3. The van der Waals surface area contributed by atoms with E-state index in [2.05, 4.69) is 31.9 Å². The van der Waals surface area contributed by atoms with Crippen LogP contribution < -0.4 is 9.80 Å². The first-order chi connectivity index (χ1) is 9.36. The molecular weight excluding hydrogens is 280 g/mol. The van der Waals surface area contributed by atoms with Gasteiger partial charge in [0.2, 0.25) is 0 Å². The van der Waals surface area contributed by atoms with E-state index >= 15 is 0 Å². The number of piperazine rings is 1. The van der Waals surface area contributed by atoms with Crippen molar-refractivity contribution in [3.63, 3.8) is 0 Å². The number of thiazole rings is 1. The van der Waals surface area contributed by atoms with Gasteiger partial charge in [0.1, 0.15) is 0 Å². The number of hydrogen-bond acceptors (Lipinski definition) is 5. The predicted molar refractivity (Wildman–Crippen MR) is 80.3 cm³/mol. The zero-order chi connectivity index (χ0) is 13.1. The monoisotopic (exact) mass is 294 g/mol. The van der Waals surface area contributed by atoms with E-state index in [1.165, 1.54) is 5.69 Å². The van der Waals surface area contributed by atoms with Gasteiger partial charge < -0.3 is 9.80 Å². The molecule has 1 fully saturated rings. The van der Waals surface area contributed by atoms with E-state index in [9.17, 15) is 0 Å². The lowest BCUT2D eigenvalue weighted by molar-refractivity contribution is 0.651. The quantitative estimate of drug-likeness (QED) is 0.815. The Morgan fingerprint density at radius 2 is 1.89 bits per heavy atom. The third-order valence-corrected chi connectivity index (χ3v) is 4.38. The molecule has 6 heteroatoms. The second-order valence-electron chi connectivity index (χ2n) is 4.43. The Bertz CT molecular complexity index is 523. The van der Waals surface area contributed by atoms with Crippen LogP contribution in [0.2, 0.25) is 0 Å². The van der Waals surface area contributed by atoms with Crippen LogP contribution >= 0.6 is 22.9 Å². The van der Waals surface area contributed by atoms with Crippen LogP contribution in [0, 0.1) is 0 Å². The first-order valence-corrected chi connectivity index (χ1v) is 7.68. The summed E-state index contributed by atoms with van der Waals surface area (Å²) < 4.78 is 0. The number of rotatable bonds is 3. The summed E-state index contributed by atoms with van der Waals surface area (Å²) in [6.07, 6.45) is 3.70. The maximum atomic E-state index is 5.83. The molecule has 1 aliphatic heterocycles. The molecule has 3 heterocycles. The van der Waals surface area contributed by atoms with Gasteiger partial charge in [0.05, 0.1) is 11.6 Å². The molecule has 19 heavy (non-hydrogen) atoms. The summed E-state index contributed by atoms with van der Waals surface area (Å²) in [5.41, 5.74) is 2.14. The fourth-order valence-electron chi connectivity index (χ4n) is 2.26. The molecule has 0 radical (unpaired) electrons. The van der Waals surface area contributed by atoms with Gasteiger partial charge in [-0.3, -0.25) is 4.98 Å². The van der Waals surface area contributed by atoms with Gasteiger partial charge in [-0.15, -0.1) is 22.9 Å². The zero-order valence-corrected chi connectivity index (χ0v) is 12.1. The van der Waals surface area contributed by atoms with E-state index in [0.717, 1.165) is 37.0 Å². The summed E-state index contributed by atoms with van der Waals surface area (Å²) >= 11 is 7.53. The van der Waals surface area contributed by atoms with Crippen LogP contribution in [0.1, 0.15) is 5.69 Å². The van der Waals surface area contributed by atoms with E-state index < -0.39 is 0 Å². The van der Waals surface area contributed by atoms with Gasteiger partial charge in [-0.1, -0.05) is 0 Å². The molecule has 4 nitrogen and oxygen atoms in total. The second-order valence-corrected chi connectivity index (χ2v) is 5.57. The average molecular weight is 295 g/mol. The first-order valence-electron chi connectivity index (χ1n) is 6.27. The molecule has 0 spiro atoms. The maximum Gasteiger partial charge on any atom is 0.185 e. The number of hydrogen-bond donors (Lipinski definition) is 0. The summed E-state index contributed by atoms with van der Waals surface area (Å²) in [6, 6.07) is 4.13. The van der Waals surface area contributed by atoms with Crippen LogP contribution in [0.3, 0.4) is 0 Å². The topological polar surface area (TPSA) is 32.3 Å². The van der Waals surface area contributed by atoms with Crippen molar-refractivity contribution in [3.05, 3.63) is 35.6 Å². The number of pyridine rings is 1. The smallest absolute Gasteiger partial charge is 0.185 e. The summed E-state index contributed by atoms with van der Waals surface area (Å²) in [7, 11) is 0. The van der Waals surface area contributed by atoms with Crippen LogP contribution in [0.25, 0.3) is 0 Å². The van der Waals surface area contributed by atoms with Crippen LogP contribution in [-0.4, -0.2) is 36.1 Å². The number of aromatic nitrogens is 2. The molecule has 0 atom stereocenters. The Kier molecular flexibility index (Phi) is 3.84. The minimum absolute atomic E-state index is 0.465. The Morgan fingerprint density at radius 1 is 1.11 bits per heavy atom. The molecule has 0 saturated carbocycles. The Labute approximate surface area is 121 Å². The highest BCUT2D eigenvalue weighted by Gasteiger charge is 2.19. The van der Waals surface area contributed by atoms with Gasteiger partial charge in [0, 0.05) is 49.6 Å². The molecule has 1 saturated heterocycles. The lowest BCUT2D eigenvalue weighted by atomic mass is 10.2. The van der Waals surface area contributed by atoms with Crippen molar-refractivity contribution in [1.82, 2.24) is 9.97 Å². The molecule has 3 rings (SSSR count). The van der Waals surface area contributed by atoms with E-state index in [-0.39, 0.29) is 0 Å². The van der Waals surface area contributed by atoms with Gasteiger partial charge >= 0.3 is 0 Å². The van der Waals surface area contributed by atoms with Crippen molar-refractivity contribution in [1.29, 1.82) is 0 Å². The van der Waals surface area contributed by atoms with Gasteiger partial charge in [-0.05, 0) is 12.1 Å². The fourth-order valence-corrected chi connectivity index (χ4v) is 3.11. The Hall–Kier alpha value is -1.33. The summed E-state index contributed by atoms with van der Waals surface area (Å²) in [5, 5.41) is 3.15. The highest BCUT2D eigenvalue weighted by atomic mass is 35.5. The van der Waals surface area contributed by atoms with Crippen LogP contribution in [-0.2, 0) is 5.88 Å². The normalized spacial score (nSPS) is 15.8. The van der Waals surface area contributed by atoms with Crippen molar-refractivity contribution in [2.45, 2.75) is 5.88 Å². The van der Waals surface area contributed by atoms with Crippen LogP contribution in [0.15, 0.2) is 29.9 Å². The van der Waals surface area contributed by atoms with Crippen LogP contribution in [0.4, 0.5) is 10.8 Å². The number of halogens is 1. The van der Waals surface area contributed by atoms with Gasteiger partial charge in [-0.2, -0.15) is 0 Å². The molecule has 0 amide bonds. The van der Waals surface area contributed by atoms with E-state index in [0.29, 0.717) is 5.88 Å². The zero-order valence-electron chi connectivity index (χ0n) is 10.5. The molecule has 0 unspecified atom stereocenters. The molecule has 100 valence electrons. The Balaban J connectivity index is 1.66. The number of anilines is 2. The molecule has 0 aromatic carbocycles.